The van der Waals surface area contributed by atoms with Gasteiger partial charge in [0.2, 0.25) is 5.76 Å². The summed E-state index contributed by atoms with van der Waals surface area (Å²) in [6, 6.07) is 5.47. The molecule has 1 heterocycles. The van der Waals surface area contributed by atoms with Gasteiger partial charge in [-0.25, -0.2) is 4.79 Å². The number of fused-ring (bicyclic) bond motifs is 1. The van der Waals surface area contributed by atoms with Crippen LogP contribution in [0.4, 0.5) is 0 Å². The van der Waals surface area contributed by atoms with Crippen molar-refractivity contribution < 1.29 is 19.1 Å². The number of aromatic hydroxyl groups is 1. The third kappa shape index (κ3) is 1.99. The van der Waals surface area contributed by atoms with E-state index in [0.717, 1.165) is 6.07 Å². The minimum absolute atomic E-state index is 0.0111. The molecule has 0 bridgehead atoms. The zero-order chi connectivity index (χ0) is 12.4. The van der Waals surface area contributed by atoms with Gasteiger partial charge in [-0.2, -0.15) is 0 Å². The average molecular weight is 234 g/mol. The number of hydrogen-bond acceptors (Lipinski definition) is 5. The smallest absolute Gasteiger partial charge is 0.374 e. The summed E-state index contributed by atoms with van der Waals surface area (Å²) in [5.41, 5.74) is -0.409. The Bertz CT molecular complexity index is 626. The second kappa shape index (κ2) is 4.29. The summed E-state index contributed by atoms with van der Waals surface area (Å²) in [6.07, 6.45) is 0. The van der Waals surface area contributed by atoms with E-state index in [0.29, 0.717) is 0 Å². The number of esters is 1. The summed E-state index contributed by atoms with van der Waals surface area (Å²) in [6.45, 7) is 1.83. The maximum absolute atomic E-state index is 11.7. The van der Waals surface area contributed by atoms with Gasteiger partial charge in [-0.1, -0.05) is 6.07 Å². The van der Waals surface area contributed by atoms with E-state index in [4.69, 9.17) is 9.15 Å². The van der Waals surface area contributed by atoms with E-state index in [2.05, 4.69) is 0 Å². The third-order valence-corrected chi connectivity index (χ3v) is 2.21. The fraction of sp³-hybridized carbons (Fsp3) is 0.167. The molecule has 0 saturated carbocycles. The van der Waals surface area contributed by atoms with Crippen LogP contribution in [-0.4, -0.2) is 17.7 Å². The second-order valence-electron chi connectivity index (χ2n) is 3.35. The second-order valence-corrected chi connectivity index (χ2v) is 3.35. The number of ether oxygens (including phenoxy) is 1. The lowest BCUT2D eigenvalue weighted by molar-refractivity contribution is 0.0490. The molecule has 17 heavy (non-hydrogen) atoms. The molecule has 1 aromatic carbocycles. The largest absolute Gasteiger partial charge is 0.504 e. The predicted octanol–water partition coefficient (Wildman–Crippen LogP) is 1.68. The molecule has 0 radical (unpaired) electrons. The van der Waals surface area contributed by atoms with E-state index >= 15 is 0 Å². The molecule has 2 aromatic rings. The van der Waals surface area contributed by atoms with Gasteiger partial charge < -0.3 is 14.3 Å². The Morgan fingerprint density at radius 2 is 2.24 bits per heavy atom. The van der Waals surface area contributed by atoms with Gasteiger partial charge in [0, 0.05) is 6.07 Å². The Balaban J connectivity index is 2.66. The van der Waals surface area contributed by atoms with Gasteiger partial charge in [0.05, 0.1) is 12.0 Å². The topological polar surface area (TPSA) is 76.7 Å². The summed E-state index contributed by atoms with van der Waals surface area (Å²) in [7, 11) is 0. The first kappa shape index (κ1) is 11.2. The van der Waals surface area contributed by atoms with Crippen molar-refractivity contribution in [2.45, 2.75) is 6.92 Å². The van der Waals surface area contributed by atoms with E-state index in [-0.39, 0.29) is 29.1 Å². The van der Waals surface area contributed by atoms with Gasteiger partial charge in [0.1, 0.15) is 0 Å². The highest BCUT2D eigenvalue weighted by atomic mass is 16.5. The van der Waals surface area contributed by atoms with Crippen LogP contribution >= 0.6 is 0 Å². The van der Waals surface area contributed by atoms with Crippen molar-refractivity contribution >= 4 is 16.9 Å². The number of para-hydroxylation sites is 1. The van der Waals surface area contributed by atoms with E-state index in [9.17, 15) is 14.7 Å². The molecule has 0 fully saturated rings. The lowest BCUT2D eigenvalue weighted by Crippen LogP contribution is -2.09. The van der Waals surface area contributed by atoms with Crippen LogP contribution in [0.2, 0.25) is 0 Å². The molecule has 0 atom stereocenters. The molecule has 88 valence electrons. The van der Waals surface area contributed by atoms with Crippen molar-refractivity contribution in [2.24, 2.45) is 0 Å². The highest BCUT2D eigenvalue weighted by Gasteiger charge is 2.14. The molecule has 0 amide bonds. The Kier molecular flexibility index (Phi) is 2.82. The van der Waals surface area contributed by atoms with Crippen molar-refractivity contribution in [2.75, 3.05) is 6.61 Å². The molecule has 0 spiro atoms. The van der Waals surface area contributed by atoms with Crippen molar-refractivity contribution in [1.82, 2.24) is 0 Å². The third-order valence-electron chi connectivity index (χ3n) is 2.21. The monoisotopic (exact) mass is 234 g/mol. The standard InChI is InChI=1S/C12H10O5/c1-2-16-12(15)10-6-9(14)7-4-3-5-8(13)11(7)17-10/h3-6,13H,2H2,1H3. The first-order valence-electron chi connectivity index (χ1n) is 5.06. The van der Waals surface area contributed by atoms with Crippen LogP contribution in [-0.2, 0) is 4.74 Å². The molecular weight excluding hydrogens is 224 g/mol. The van der Waals surface area contributed by atoms with Crippen LogP contribution in [0, 0.1) is 0 Å². The van der Waals surface area contributed by atoms with E-state index in [1.54, 1.807) is 6.92 Å². The van der Waals surface area contributed by atoms with Gasteiger partial charge in [-0.3, -0.25) is 4.79 Å². The Morgan fingerprint density at radius 1 is 1.47 bits per heavy atom. The van der Waals surface area contributed by atoms with Gasteiger partial charge in [-0.15, -0.1) is 0 Å². The summed E-state index contributed by atoms with van der Waals surface area (Å²) >= 11 is 0. The number of benzene rings is 1. The summed E-state index contributed by atoms with van der Waals surface area (Å²) in [4.78, 5) is 23.1. The maximum atomic E-state index is 11.7. The number of phenols is 1. The minimum atomic E-state index is -0.727. The molecule has 0 saturated heterocycles. The minimum Gasteiger partial charge on any atom is -0.504 e. The van der Waals surface area contributed by atoms with Gasteiger partial charge in [-0.05, 0) is 19.1 Å². The quantitative estimate of drug-likeness (QED) is 0.800. The van der Waals surface area contributed by atoms with Gasteiger partial charge in [0.15, 0.2) is 16.8 Å². The zero-order valence-electron chi connectivity index (χ0n) is 9.10. The first-order valence-corrected chi connectivity index (χ1v) is 5.06. The summed E-state index contributed by atoms with van der Waals surface area (Å²) in [5.74, 6) is -1.13. The first-order chi connectivity index (χ1) is 8.13. The van der Waals surface area contributed by atoms with Crippen LogP contribution in [0.5, 0.6) is 5.75 Å². The Labute approximate surface area is 96.2 Å². The zero-order valence-corrected chi connectivity index (χ0v) is 9.10. The highest BCUT2D eigenvalue weighted by Crippen LogP contribution is 2.22. The number of phenolic OH excluding ortho intramolecular Hbond substituents is 1. The highest BCUT2D eigenvalue weighted by molar-refractivity contribution is 5.90. The SMILES string of the molecule is CCOC(=O)c1cc(=O)c2cccc(O)c2o1. The number of rotatable bonds is 2. The molecule has 0 aliphatic rings. The Morgan fingerprint density at radius 3 is 2.94 bits per heavy atom. The van der Waals surface area contributed by atoms with Gasteiger partial charge in [0.25, 0.3) is 0 Å². The van der Waals surface area contributed by atoms with Gasteiger partial charge >= 0.3 is 5.97 Å². The fourth-order valence-electron chi connectivity index (χ4n) is 1.47. The molecule has 0 aliphatic heterocycles. The van der Waals surface area contributed by atoms with Crippen LogP contribution < -0.4 is 5.43 Å². The van der Waals surface area contributed by atoms with E-state index < -0.39 is 11.4 Å². The lowest BCUT2D eigenvalue weighted by Gasteiger charge is -2.03. The molecular formula is C12H10O5. The fourth-order valence-corrected chi connectivity index (χ4v) is 1.47. The van der Waals surface area contributed by atoms with E-state index in [1.165, 1.54) is 18.2 Å². The summed E-state index contributed by atoms with van der Waals surface area (Å²) < 4.78 is 9.88. The lowest BCUT2D eigenvalue weighted by atomic mass is 10.2. The molecule has 5 nitrogen and oxygen atoms in total. The van der Waals surface area contributed by atoms with Crippen LogP contribution in [0.3, 0.4) is 0 Å². The molecule has 2 rings (SSSR count). The number of hydrogen-bond donors (Lipinski definition) is 1. The molecule has 1 aromatic heterocycles. The van der Waals surface area contributed by atoms with Crippen molar-refractivity contribution in [1.29, 1.82) is 0 Å². The molecule has 1 N–H and O–H groups in total. The predicted molar refractivity (Wildman–Crippen MR) is 60.1 cm³/mol. The van der Waals surface area contributed by atoms with Crippen LogP contribution in [0.15, 0.2) is 33.5 Å². The van der Waals surface area contributed by atoms with Crippen LogP contribution in [0.1, 0.15) is 17.5 Å². The van der Waals surface area contributed by atoms with Crippen molar-refractivity contribution in [3.05, 3.63) is 40.2 Å². The molecule has 0 unspecified atom stereocenters. The van der Waals surface area contributed by atoms with Crippen LogP contribution in [0.25, 0.3) is 11.0 Å². The average Bonchev–Trinajstić information content (AvgIpc) is 2.30. The molecule has 0 aliphatic carbocycles. The number of carbonyl (C=O) groups is 1. The maximum Gasteiger partial charge on any atom is 0.374 e. The normalized spacial score (nSPS) is 10.4. The summed E-state index contributed by atoms with van der Waals surface area (Å²) in [5, 5.41) is 9.77. The van der Waals surface area contributed by atoms with E-state index in [1.807, 2.05) is 0 Å². The Hall–Kier alpha value is -2.30. The molecule has 5 heteroatoms. The van der Waals surface area contributed by atoms with Crippen molar-refractivity contribution in [3.8, 4) is 5.75 Å². The number of carbonyl (C=O) groups excluding carboxylic acids is 1. The van der Waals surface area contributed by atoms with Crippen molar-refractivity contribution in [3.63, 3.8) is 0 Å².